The fourth-order valence-corrected chi connectivity index (χ4v) is 2.50. The van der Waals surface area contributed by atoms with E-state index in [0.717, 1.165) is 39.0 Å². The van der Waals surface area contributed by atoms with Gasteiger partial charge in [-0.1, -0.05) is 0 Å². The Kier molecular flexibility index (Phi) is 4.76. The molecule has 2 rings (SSSR count). The normalized spacial score (nSPS) is 29.7. The average molecular weight is 242 g/mol. The van der Waals surface area contributed by atoms with Crippen LogP contribution in [-0.2, 0) is 9.53 Å². The lowest BCUT2D eigenvalue weighted by Gasteiger charge is -2.16. The van der Waals surface area contributed by atoms with Gasteiger partial charge in [-0.25, -0.2) is 0 Å². The summed E-state index contributed by atoms with van der Waals surface area (Å²) in [7, 11) is 0. The second kappa shape index (κ2) is 6.33. The zero-order valence-electron chi connectivity index (χ0n) is 10.2. The summed E-state index contributed by atoms with van der Waals surface area (Å²) in [5.74, 6) is 0.417. The summed E-state index contributed by atoms with van der Waals surface area (Å²) >= 11 is 0. The van der Waals surface area contributed by atoms with Crippen molar-refractivity contribution in [2.45, 2.75) is 25.4 Å². The zero-order valence-corrected chi connectivity index (χ0v) is 10.2. The summed E-state index contributed by atoms with van der Waals surface area (Å²) in [6.07, 6.45) is 3.36. The maximum atomic E-state index is 11.7. The first-order valence-corrected chi connectivity index (χ1v) is 6.49. The third-order valence-electron chi connectivity index (χ3n) is 3.55. The topological polar surface area (TPSA) is 61.8 Å². The summed E-state index contributed by atoms with van der Waals surface area (Å²) in [6, 6.07) is 0. The molecule has 0 spiro atoms. The van der Waals surface area contributed by atoms with E-state index in [-0.39, 0.29) is 18.6 Å². The van der Waals surface area contributed by atoms with Crippen molar-refractivity contribution >= 4 is 5.91 Å². The van der Waals surface area contributed by atoms with Gasteiger partial charge in [0, 0.05) is 26.3 Å². The van der Waals surface area contributed by atoms with E-state index < -0.39 is 0 Å². The van der Waals surface area contributed by atoms with Crippen LogP contribution in [-0.4, -0.2) is 61.4 Å². The minimum Gasteiger partial charge on any atom is -0.396 e. The van der Waals surface area contributed by atoms with Crippen molar-refractivity contribution in [2.75, 3.05) is 39.4 Å². The molecule has 0 aromatic carbocycles. The van der Waals surface area contributed by atoms with Gasteiger partial charge in [-0.3, -0.25) is 9.69 Å². The van der Waals surface area contributed by atoms with Gasteiger partial charge in [-0.15, -0.1) is 0 Å². The number of aliphatic hydroxyl groups excluding tert-OH is 1. The molecule has 98 valence electrons. The Labute approximate surface area is 102 Å². The number of amides is 1. The second-order valence-corrected chi connectivity index (χ2v) is 5.01. The van der Waals surface area contributed by atoms with Crippen LogP contribution in [0.5, 0.6) is 0 Å². The van der Waals surface area contributed by atoms with Crippen molar-refractivity contribution in [2.24, 2.45) is 5.92 Å². The van der Waals surface area contributed by atoms with Gasteiger partial charge in [0.05, 0.1) is 12.6 Å². The third kappa shape index (κ3) is 3.94. The molecule has 1 amide bonds. The monoisotopic (exact) mass is 242 g/mol. The van der Waals surface area contributed by atoms with E-state index >= 15 is 0 Å². The lowest BCUT2D eigenvalue weighted by atomic mass is 10.1. The molecule has 2 aliphatic rings. The van der Waals surface area contributed by atoms with Crippen LogP contribution in [0.2, 0.25) is 0 Å². The van der Waals surface area contributed by atoms with Gasteiger partial charge in [-0.05, 0) is 31.7 Å². The molecule has 5 nitrogen and oxygen atoms in total. The Bertz CT molecular complexity index is 254. The average Bonchev–Trinajstić information content (AvgIpc) is 2.97. The lowest BCUT2D eigenvalue weighted by molar-refractivity contribution is -0.122. The van der Waals surface area contributed by atoms with Gasteiger partial charge in [-0.2, -0.15) is 0 Å². The van der Waals surface area contributed by atoms with Crippen molar-refractivity contribution in [3.63, 3.8) is 0 Å². The van der Waals surface area contributed by atoms with Crippen molar-refractivity contribution in [3.8, 4) is 0 Å². The summed E-state index contributed by atoms with van der Waals surface area (Å²) in [5, 5.41) is 11.9. The molecule has 0 aromatic heterocycles. The molecular weight excluding hydrogens is 220 g/mol. The lowest BCUT2D eigenvalue weighted by Crippen LogP contribution is -2.39. The molecule has 0 radical (unpaired) electrons. The van der Waals surface area contributed by atoms with E-state index in [0.29, 0.717) is 19.0 Å². The van der Waals surface area contributed by atoms with E-state index in [1.54, 1.807) is 0 Å². The first-order chi connectivity index (χ1) is 8.28. The number of hydrogen-bond donors (Lipinski definition) is 2. The quantitative estimate of drug-likeness (QED) is 0.688. The Hall–Kier alpha value is -0.650. The van der Waals surface area contributed by atoms with E-state index in [1.807, 2.05) is 0 Å². The van der Waals surface area contributed by atoms with Crippen LogP contribution < -0.4 is 5.32 Å². The number of carbonyl (C=O) groups excluding carboxylic acids is 1. The van der Waals surface area contributed by atoms with Crippen LogP contribution in [0.3, 0.4) is 0 Å². The molecule has 0 unspecified atom stereocenters. The van der Waals surface area contributed by atoms with Crippen LogP contribution in [0.1, 0.15) is 19.3 Å². The Morgan fingerprint density at radius 1 is 1.47 bits per heavy atom. The minimum absolute atomic E-state index is 0.0686. The maximum absolute atomic E-state index is 11.7. The van der Waals surface area contributed by atoms with Gasteiger partial charge in [0.15, 0.2) is 0 Å². The Morgan fingerprint density at radius 3 is 3.00 bits per heavy atom. The van der Waals surface area contributed by atoms with Gasteiger partial charge in [0.25, 0.3) is 0 Å². The van der Waals surface area contributed by atoms with Crippen molar-refractivity contribution < 1.29 is 14.6 Å². The molecule has 2 fully saturated rings. The van der Waals surface area contributed by atoms with Crippen LogP contribution in [0, 0.1) is 5.92 Å². The highest BCUT2D eigenvalue weighted by molar-refractivity contribution is 5.78. The molecule has 0 aliphatic carbocycles. The van der Waals surface area contributed by atoms with Crippen molar-refractivity contribution in [3.05, 3.63) is 0 Å². The number of rotatable bonds is 5. The molecule has 0 bridgehead atoms. The predicted molar refractivity (Wildman–Crippen MR) is 63.6 cm³/mol. The first-order valence-electron chi connectivity index (χ1n) is 6.49. The maximum Gasteiger partial charge on any atom is 0.234 e. The van der Waals surface area contributed by atoms with Crippen molar-refractivity contribution in [1.29, 1.82) is 0 Å². The van der Waals surface area contributed by atoms with E-state index in [4.69, 9.17) is 9.84 Å². The van der Waals surface area contributed by atoms with Gasteiger partial charge < -0.3 is 15.2 Å². The highest BCUT2D eigenvalue weighted by Gasteiger charge is 2.23. The number of nitrogens with one attached hydrogen (secondary N) is 1. The molecule has 2 aliphatic heterocycles. The third-order valence-corrected chi connectivity index (χ3v) is 3.55. The standard InChI is InChI=1S/C12H22N2O3/c15-9-10-3-4-14(7-10)8-12(16)13-6-11-2-1-5-17-11/h10-11,15H,1-9H2,(H,13,16)/t10-,11-/m1/s1. The molecule has 0 aromatic rings. The second-order valence-electron chi connectivity index (χ2n) is 5.01. The fraction of sp³-hybridized carbons (Fsp3) is 0.917. The van der Waals surface area contributed by atoms with Gasteiger partial charge >= 0.3 is 0 Å². The Morgan fingerprint density at radius 2 is 2.35 bits per heavy atom. The summed E-state index contributed by atoms with van der Waals surface area (Å²) in [6.45, 7) is 3.89. The number of ether oxygens (including phenoxy) is 1. The molecule has 2 atom stereocenters. The summed E-state index contributed by atoms with van der Waals surface area (Å²) < 4.78 is 5.45. The molecule has 0 saturated carbocycles. The Balaban J connectivity index is 1.60. The summed E-state index contributed by atoms with van der Waals surface area (Å²) in [4.78, 5) is 13.8. The SMILES string of the molecule is O=C(CN1CC[C@@H](CO)C1)NC[C@H]1CCCO1. The predicted octanol–water partition coefficient (Wildman–Crippen LogP) is -0.404. The van der Waals surface area contributed by atoms with Gasteiger partial charge in [0.2, 0.25) is 5.91 Å². The number of hydrogen-bond acceptors (Lipinski definition) is 4. The zero-order chi connectivity index (χ0) is 12.1. The van der Waals surface area contributed by atoms with Crippen LogP contribution >= 0.6 is 0 Å². The van der Waals surface area contributed by atoms with Crippen molar-refractivity contribution in [1.82, 2.24) is 10.2 Å². The number of likely N-dealkylation sites (tertiary alicyclic amines) is 1. The summed E-state index contributed by atoms with van der Waals surface area (Å²) in [5.41, 5.74) is 0. The highest BCUT2D eigenvalue weighted by atomic mass is 16.5. The highest BCUT2D eigenvalue weighted by Crippen LogP contribution is 2.14. The smallest absolute Gasteiger partial charge is 0.234 e. The van der Waals surface area contributed by atoms with E-state index in [1.165, 1.54) is 0 Å². The molecule has 17 heavy (non-hydrogen) atoms. The fourth-order valence-electron chi connectivity index (χ4n) is 2.50. The molecular formula is C12H22N2O3. The minimum atomic E-state index is 0.0686. The van der Waals surface area contributed by atoms with Crippen LogP contribution in [0.15, 0.2) is 0 Å². The van der Waals surface area contributed by atoms with E-state index in [9.17, 15) is 4.79 Å². The number of aliphatic hydroxyl groups is 1. The molecule has 2 saturated heterocycles. The van der Waals surface area contributed by atoms with Gasteiger partial charge in [0.1, 0.15) is 0 Å². The number of carbonyl (C=O) groups is 1. The van der Waals surface area contributed by atoms with Crippen LogP contribution in [0.25, 0.3) is 0 Å². The largest absolute Gasteiger partial charge is 0.396 e. The molecule has 2 N–H and O–H groups in total. The van der Waals surface area contributed by atoms with E-state index in [2.05, 4.69) is 10.2 Å². The molecule has 5 heteroatoms. The first kappa shape index (κ1) is 12.8. The van der Waals surface area contributed by atoms with Crippen LogP contribution in [0.4, 0.5) is 0 Å². The molecule has 2 heterocycles. The number of nitrogens with zero attached hydrogens (tertiary/aromatic N) is 1.